The first-order chi connectivity index (χ1) is 9.34. The van der Waals surface area contributed by atoms with E-state index in [1.54, 1.807) is 11.8 Å². The van der Waals surface area contributed by atoms with E-state index < -0.39 is 10.0 Å². The Hall–Kier alpha value is -1.23. The molecule has 1 heterocycles. The van der Waals surface area contributed by atoms with Crippen LogP contribution >= 0.6 is 11.8 Å². The molecule has 0 bridgehead atoms. The standard InChI is InChI=1S/C13H17N3O2S2/c1-9-7-16(8-10(2)19-9)20(17,18)13-4-3-12(15)5-11(13)6-14/h3-5,9-10H,7-8,15H2,1-2H3. The molecule has 1 saturated heterocycles. The van der Waals surface area contributed by atoms with Gasteiger partial charge in [0.1, 0.15) is 11.0 Å². The van der Waals surface area contributed by atoms with Gasteiger partial charge in [0, 0.05) is 29.3 Å². The lowest BCUT2D eigenvalue weighted by Crippen LogP contribution is -2.44. The number of hydrogen-bond donors (Lipinski definition) is 1. The Morgan fingerprint density at radius 3 is 2.50 bits per heavy atom. The number of nitrogens with zero attached hydrogens (tertiary/aromatic N) is 2. The van der Waals surface area contributed by atoms with E-state index in [-0.39, 0.29) is 21.0 Å². The van der Waals surface area contributed by atoms with Crippen molar-refractivity contribution in [3.63, 3.8) is 0 Å². The lowest BCUT2D eigenvalue weighted by molar-refractivity contribution is 0.404. The Bertz CT molecular complexity index is 642. The van der Waals surface area contributed by atoms with Crippen molar-refractivity contribution in [1.29, 1.82) is 5.26 Å². The highest BCUT2D eigenvalue weighted by molar-refractivity contribution is 8.00. The third-order valence-electron chi connectivity index (χ3n) is 3.13. The summed E-state index contributed by atoms with van der Waals surface area (Å²) < 4.78 is 26.9. The molecule has 1 aliphatic heterocycles. The van der Waals surface area contributed by atoms with Crippen molar-refractivity contribution in [2.24, 2.45) is 0 Å². The van der Waals surface area contributed by atoms with Gasteiger partial charge in [0.25, 0.3) is 0 Å². The molecule has 0 radical (unpaired) electrons. The zero-order valence-electron chi connectivity index (χ0n) is 11.4. The summed E-state index contributed by atoms with van der Waals surface area (Å²) in [5.41, 5.74) is 6.09. The molecule has 1 fully saturated rings. The Morgan fingerprint density at radius 2 is 1.95 bits per heavy atom. The zero-order chi connectivity index (χ0) is 14.9. The summed E-state index contributed by atoms with van der Waals surface area (Å²) >= 11 is 1.78. The summed E-state index contributed by atoms with van der Waals surface area (Å²) in [5, 5.41) is 9.60. The van der Waals surface area contributed by atoms with Crippen LogP contribution in [0.4, 0.5) is 5.69 Å². The molecule has 2 rings (SSSR count). The molecule has 2 N–H and O–H groups in total. The normalized spacial score (nSPS) is 24.2. The van der Waals surface area contributed by atoms with Gasteiger partial charge in [0.2, 0.25) is 10.0 Å². The summed E-state index contributed by atoms with van der Waals surface area (Å²) in [4.78, 5) is 0.0421. The van der Waals surface area contributed by atoms with Crippen LogP contribution in [0.5, 0.6) is 0 Å². The molecule has 1 aromatic rings. The Labute approximate surface area is 123 Å². The molecule has 0 aromatic heterocycles. The molecule has 5 nitrogen and oxygen atoms in total. The molecule has 108 valence electrons. The summed E-state index contributed by atoms with van der Waals surface area (Å²) in [5.74, 6) is 0. The van der Waals surface area contributed by atoms with Gasteiger partial charge >= 0.3 is 0 Å². The molecule has 0 spiro atoms. The predicted molar refractivity (Wildman–Crippen MR) is 80.8 cm³/mol. The highest BCUT2D eigenvalue weighted by Gasteiger charge is 2.33. The quantitative estimate of drug-likeness (QED) is 0.839. The molecule has 7 heteroatoms. The molecule has 0 saturated carbocycles. The van der Waals surface area contributed by atoms with Crippen LogP contribution in [0, 0.1) is 11.3 Å². The number of sulfonamides is 1. The van der Waals surface area contributed by atoms with E-state index in [2.05, 4.69) is 0 Å². The Balaban J connectivity index is 2.43. The van der Waals surface area contributed by atoms with Crippen molar-refractivity contribution >= 4 is 27.5 Å². The van der Waals surface area contributed by atoms with Crippen LogP contribution < -0.4 is 5.73 Å². The number of nitrogens with two attached hydrogens (primary N) is 1. The van der Waals surface area contributed by atoms with E-state index in [4.69, 9.17) is 11.0 Å². The first-order valence-electron chi connectivity index (χ1n) is 6.30. The van der Waals surface area contributed by atoms with Crippen molar-refractivity contribution in [3.05, 3.63) is 23.8 Å². The first-order valence-corrected chi connectivity index (χ1v) is 8.68. The SMILES string of the molecule is CC1CN(S(=O)(=O)c2ccc(N)cc2C#N)CC(C)S1. The van der Waals surface area contributed by atoms with Gasteiger partial charge in [-0.05, 0) is 18.2 Å². The van der Waals surface area contributed by atoms with Crippen molar-refractivity contribution in [2.45, 2.75) is 29.2 Å². The second kappa shape index (κ2) is 5.64. The van der Waals surface area contributed by atoms with Gasteiger partial charge in [0.15, 0.2) is 0 Å². The van der Waals surface area contributed by atoms with Gasteiger partial charge < -0.3 is 5.73 Å². The summed E-state index contributed by atoms with van der Waals surface area (Å²) in [6.07, 6.45) is 0. The second-order valence-corrected chi connectivity index (χ2v) is 8.73. The Kier molecular flexibility index (Phi) is 4.28. The van der Waals surface area contributed by atoms with Crippen LogP contribution in [0.2, 0.25) is 0 Å². The number of nitriles is 1. The van der Waals surface area contributed by atoms with Crippen LogP contribution in [0.25, 0.3) is 0 Å². The zero-order valence-corrected chi connectivity index (χ0v) is 13.0. The van der Waals surface area contributed by atoms with Crippen LogP contribution in [-0.2, 0) is 10.0 Å². The van der Waals surface area contributed by atoms with Gasteiger partial charge in [-0.1, -0.05) is 13.8 Å². The fraction of sp³-hybridized carbons (Fsp3) is 0.462. The molecule has 0 aliphatic carbocycles. The van der Waals surface area contributed by atoms with Crippen LogP contribution in [0.3, 0.4) is 0 Å². The highest BCUT2D eigenvalue weighted by Crippen LogP contribution is 2.30. The second-order valence-electron chi connectivity index (χ2n) is 4.95. The minimum absolute atomic E-state index is 0.0421. The van der Waals surface area contributed by atoms with Crippen molar-refractivity contribution in [3.8, 4) is 6.07 Å². The molecular formula is C13H17N3O2S2. The summed E-state index contributed by atoms with van der Waals surface area (Å²) in [6, 6.07) is 6.24. The maximum absolute atomic E-state index is 12.7. The minimum Gasteiger partial charge on any atom is -0.399 e. The molecule has 2 unspecified atom stereocenters. The minimum atomic E-state index is -3.65. The van der Waals surface area contributed by atoms with E-state index in [0.29, 0.717) is 18.8 Å². The van der Waals surface area contributed by atoms with Crippen molar-refractivity contribution in [1.82, 2.24) is 4.31 Å². The number of anilines is 1. The van der Waals surface area contributed by atoms with E-state index in [1.807, 2.05) is 19.9 Å². The van der Waals surface area contributed by atoms with E-state index in [0.717, 1.165) is 0 Å². The lowest BCUT2D eigenvalue weighted by atomic mass is 10.2. The molecule has 2 atom stereocenters. The van der Waals surface area contributed by atoms with E-state index in [9.17, 15) is 8.42 Å². The molecule has 1 aromatic carbocycles. The monoisotopic (exact) mass is 311 g/mol. The number of thioether (sulfide) groups is 1. The third kappa shape index (κ3) is 2.92. The fourth-order valence-corrected chi connectivity index (χ4v) is 5.58. The molecule has 20 heavy (non-hydrogen) atoms. The predicted octanol–water partition coefficient (Wildman–Crippen LogP) is 1.65. The van der Waals surface area contributed by atoms with Crippen LogP contribution in [0.1, 0.15) is 19.4 Å². The Morgan fingerprint density at radius 1 is 1.35 bits per heavy atom. The summed E-state index contributed by atoms with van der Waals surface area (Å²) in [7, 11) is -3.65. The number of nitrogen functional groups attached to an aromatic ring is 1. The number of rotatable bonds is 2. The van der Waals surface area contributed by atoms with Crippen molar-refractivity contribution < 1.29 is 8.42 Å². The van der Waals surface area contributed by atoms with Gasteiger partial charge in [-0.25, -0.2) is 8.42 Å². The largest absolute Gasteiger partial charge is 0.399 e. The van der Waals surface area contributed by atoms with Gasteiger partial charge in [-0.2, -0.15) is 21.3 Å². The molecular weight excluding hydrogens is 294 g/mol. The van der Waals surface area contributed by atoms with Gasteiger partial charge in [-0.3, -0.25) is 0 Å². The van der Waals surface area contributed by atoms with Crippen LogP contribution in [0.15, 0.2) is 23.1 Å². The molecule has 1 aliphatic rings. The average molecular weight is 311 g/mol. The first kappa shape index (κ1) is 15.2. The van der Waals surface area contributed by atoms with E-state index in [1.165, 1.54) is 22.5 Å². The summed E-state index contributed by atoms with van der Waals surface area (Å²) in [6.45, 7) is 4.95. The highest BCUT2D eigenvalue weighted by atomic mass is 32.2. The van der Waals surface area contributed by atoms with Gasteiger partial charge in [0.05, 0.1) is 5.56 Å². The lowest BCUT2D eigenvalue weighted by Gasteiger charge is -2.33. The fourth-order valence-electron chi connectivity index (χ4n) is 2.33. The number of hydrogen-bond acceptors (Lipinski definition) is 5. The third-order valence-corrected chi connectivity index (χ3v) is 6.25. The smallest absolute Gasteiger partial charge is 0.244 e. The molecule has 0 amide bonds. The number of benzene rings is 1. The maximum atomic E-state index is 12.7. The van der Waals surface area contributed by atoms with Crippen LogP contribution in [-0.4, -0.2) is 36.3 Å². The average Bonchev–Trinajstić information content (AvgIpc) is 2.37. The topological polar surface area (TPSA) is 87.2 Å². The van der Waals surface area contributed by atoms with Gasteiger partial charge in [-0.15, -0.1) is 0 Å². The van der Waals surface area contributed by atoms with E-state index >= 15 is 0 Å². The van der Waals surface area contributed by atoms with Crippen molar-refractivity contribution in [2.75, 3.05) is 18.8 Å². The maximum Gasteiger partial charge on any atom is 0.244 e.